The number of nitrogens with zero attached hydrogens (tertiary/aromatic N) is 3. The monoisotopic (exact) mass is 539 g/mol. The number of benzene rings is 2. The highest BCUT2D eigenvalue weighted by molar-refractivity contribution is 7.23. The van der Waals surface area contributed by atoms with Gasteiger partial charge in [-0.25, -0.2) is 13.8 Å². The maximum Gasteiger partial charge on any atom is 0.251 e. The van der Waals surface area contributed by atoms with Gasteiger partial charge in [0, 0.05) is 49.5 Å². The van der Waals surface area contributed by atoms with E-state index < -0.39 is 12.3 Å². The van der Waals surface area contributed by atoms with E-state index in [9.17, 15) is 14.3 Å². The lowest BCUT2D eigenvalue weighted by atomic mass is 10.0. The average Bonchev–Trinajstić information content (AvgIpc) is 3.61. The predicted octanol–water partition coefficient (Wildman–Crippen LogP) is 4.30. The Morgan fingerprint density at radius 3 is 2.82 bits per heavy atom. The van der Waals surface area contributed by atoms with Crippen LogP contribution in [0.4, 0.5) is 8.78 Å². The number of carbonyl (C=O) groups excluding carboxylic acids is 1. The molecule has 4 aromatic rings. The number of fused-ring (bicyclic) bond motifs is 3. The highest BCUT2D eigenvalue weighted by atomic mass is 32.1. The molecular weight excluding hydrogens is 508 g/mol. The number of amides is 1. The first-order valence-electron chi connectivity index (χ1n) is 13.2. The second kappa shape index (κ2) is 10.7. The van der Waals surface area contributed by atoms with E-state index >= 15 is 4.39 Å². The van der Waals surface area contributed by atoms with Crippen LogP contribution in [0, 0.1) is 5.82 Å². The number of aromatic nitrogens is 2. The lowest BCUT2D eigenvalue weighted by molar-refractivity contribution is 0.0950. The molecule has 38 heavy (non-hydrogen) atoms. The second-order valence-corrected chi connectivity index (χ2v) is 11.3. The van der Waals surface area contributed by atoms with Crippen molar-refractivity contribution in [2.75, 3.05) is 32.7 Å². The summed E-state index contributed by atoms with van der Waals surface area (Å²) in [6.07, 6.45) is 3.36. The maximum absolute atomic E-state index is 15.0. The number of imidazole rings is 1. The van der Waals surface area contributed by atoms with Crippen molar-refractivity contribution in [2.24, 2.45) is 0 Å². The number of alkyl halides is 1. The van der Waals surface area contributed by atoms with Crippen LogP contribution >= 0.6 is 11.3 Å². The van der Waals surface area contributed by atoms with Gasteiger partial charge in [-0.1, -0.05) is 17.4 Å². The highest BCUT2D eigenvalue weighted by Crippen LogP contribution is 2.33. The van der Waals surface area contributed by atoms with Crippen LogP contribution in [0.3, 0.4) is 0 Å². The first kappa shape index (κ1) is 25.4. The molecule has 2 atom stereocenters. The summed E-state index contributed by atoms with van der Waals surface area (Å²) in [4.78, 5) is 20.3. The van der Waals surface area contributed by atoms with Gasteiger partial charge in [0.2, 0.25) is 0 Å². The molecule has 2 aliphatic heterocycles. The summed E-state index contributed by atoms with van der Waals surface area (Å²) in [7, 11) is 0. The number of carbonyl (C=O) groups is 1. The number of nitrogens with one attached hydrogen (secondary N) is 2. The Morgan fingerprint density at radius 2 is 2.05 bits per heavy atom. The number of thiazole rings is 1. The van der Waals surface area contributed by atoms with E-state index in [1.807, 2.05) is 28.8 Å². The van der Waals surface area contributed by atoms with Crippen LogP contribution in [0.5, 0.6) is 0 Å². The number of hydrogen-bond acceptors (Lipinski definition) is 6. The maximum atomic E-state index is 15.0. The number of aliphatic hydroxyl groups is 1. The number of rotatable bonds is 7. The van der Waals surface area contributed by atoms with Gasteiger partial charge in [-0.3, -0.25) is 9.20 Å². The van der Waals surface area contributed by atoms with Gasteiger partial charge in [-0.2, -0.15) is 0 Å². The molecule has 2 aromatic carbocycles. The smallest absolute Gasteiger partial charge is 0.251 e. The molecule has 7 nitrogen and oxygen atoms in total. The quantitative estimate of drug-likeness (QED) is 0.305. The van der Waals surface area contributed by atoms with Crippen LogP contribution in [0.2, 0.25) is 0 Å². The van der Waals surface area contributed by atoms with E-state index in [1.54, 1.807) is 12.1 Å². The van der Waals surface area contributed by atoms with E-state index in [1.165, 1.54) is 17.4 Å². The van der Waals surface area contributed by atoms with Gasteiger partial charge >= 0.3 is 0 Å². The second-order valence-electron chi connectivity index (χ2n) is 10.3. The van der Waals surface area contributed by atoms with Crippen LogP contribution < -0.4 is 10.6 Å². The van der Waals surface area contributed by atoms with Crippen LogP contribution in [-0.4, -0.2) is 70.3 Å². The van der Waals surface area contributed by atoms with Crippen molar-refractivity contribution in [2.45, 2.75) is 44.0 Å². The molecular formula is C28H31F2N5O2S. The van der Waals surface area contributed by atoms with Crippen molar-refractivity contribution in [3.05, 3.63) is 59.5 Å². The molecule has 2 aromatic heterocycles. The van der Waals surface area contributed by atoms with Crippen molar-refractivity contribution < 1.29 is 18.7 Å². The number of β-amino-alcohol motifs (C(OH)–C–C–N with tert-alkyl or cyclic N) is 1. The Morgan fingerprint density at radius 1 is 1.21 bits per heavy atom. The van der Waals surface area contributed by atoms with Gasteiger partial charge in [0.15, 0.2) is 4.96 Å². The van der Waals surface area contributed by atoms with Gasteiger partial charge in [-0.05, 0) is 68.1 Å². The average molecular weight is 540 g/mol. The summed E-state index contributed by atoms with van der Waals surface area (Å²) >= 11 is 1.46. The Hall–Kier alpha value is -2.92. The molecule has 0 saturated carbocycles. The minimum absolute atomic E-state index is 0.0467. The van der Waals surface area contributed by atoms with E-state index in [2.05, 4.69) is 20.5 Å². The van der Waals surface area contributed by atoms with Gasteiger partial charge < -0.3 is 20.6 Å². The lowest BCUT2D eigenvalue weighted by Gasteiger charge is -2.28. The highest BCUT2D eigenvalue weighted by Gasteiger charge is 2.24. The fourth-order valence-corrected chi connectivity index (χ4v) is 6.48. The van der Waals surface area contributed by atoms with Crippen molar-refractivity contribution in [1.29, 1.82) is 0 Å². The molecule has 0 aliphatic carbocycles. The van der Waals surface area contributed by atoms with Crippen molar-refractivity contribution in [3.8, 4) is 11.3 Å². The molecule has 0 spiro atoms. The third-order valence-corrected chi connectivity index (χ3v) is 8.61. The standard InChI is InChI=1S/C28H31F2N5O2S/c29-19-6-10-34(11-7-19)9-1-8-31-27(37)18-3-5-25-26(13-18)38-28-33-24(16-35(25)28)21-4-2-17(12-22(21)30)23-14-20(36)15-32-23/h2-5,12-13,16,19-20,23,32,36H,1,6-11,14-15H2,(H,31,37). The predicted molar refractivity (Wildman–Crippen MR) is 145 cm³/mol. The summed E-state index contributed by atoms with van der Waals surface area (Å²) in [5.74, 6) is -0.459. The largest absolute Gasteiger partial charge is 0.392 e. The Balaban J connectivity index is 1.12. The molecule has 2 aliphatic rings. The van der Waals surface area contributed by atoms with Crippen LogP contribution in [-0.2, 0) is 0 Å². The normalized spacial score (nSPS) is 21.0. The molecule has 2 saturated heterocycles. The van der Waals surface area contributed by atoms with Crippen LogP contribution in [0.1, 0.15) is 47.6 Å². The Bertz CT molecular complexity index is 1460. The molecule has 200 valence electrons. The van der Waals surface area contributed by atoms with Crippen molar-refractivity contribution in [1.82, 2.24) is 24.9 Å². The molecule has 3 N–H and O–H groups in total. The molecule has 10 heteroatoms. The van der Waals surface area contributed by atoms with E-state index in [0.29, 0.717) is 49.2 Å². The van der Waals surface area contributed by atoms with Gasteiger partial charge in [0.1, 0.15) is 12.0 Å². The summed E-state index contributed by atoms with van der Waals surface area (Å²) in [5.41, 5.74) is 3.31. The summed E-state index contributed by atoms with van der Waals surface area (Å²) in [5, 5.41) is 16.0. The number of halogens is 2. The Kier molecular flexibility index (Phi) is 7.13. The summed E-state index contributed by atoms with van der Waals surface area (Å²) < 4.78 is 31.2. The zero-order valence-electron chi connectivity index (χ0n) is 21.0. The number of piperidine rings is 1. The summed E-state index contributed by atoms with van der Waals surface area (Å²) in [6, 6.07) is 10.7. The van der Waals surface area contributed by atoms with Crippen molar-refractivity contribution in [3.63, 3.8) is 0 Å². The van der Waals surface area contributed by atoms with E-state index in [-0.39, 0.29) is 17.8 Å². The van der Waals surface area contributed by atoms with Gasteiger partial charge in [0.25, 0.3) is 5.91 Å². The number of hydrogen-bond donors (Lipinski definition) is 3. The topological polar surface area (TPSA) is 81.9 Å². The first-order chi connectivity index (χ1) is 18.4. The van der Waals surface area contributed by atoms with Crippen LogP contribution in [0.15, 0.2) is 42.6 Å². The first-order valence-corrected chi connectivity index (χ1v) is 14.0. The molecule has 0 bridgehead atoms. The third-order valence-electron chi connectivity index (χ3n) is 7.59. The van der Waals surface area contributed by atoms with Gasteiger partial charge in [0.05, 0.1) is 22.0 Å². The lowest BCUT2D eigenvalue weighted by Crippen LogP contribution is -2.36. The molecule has 2 unspecified atom stereocenters. The minimum atomic E-state index is -0.670. The third kappa shape index (κ3) is 5.18. The number of likely N-dealkylation sites (tertiary alicyclic amines) is 1. The zero-order chi connectivity index (χ0) is 26.2. The molecule has 4 heterocycles. The van der Waals surface area contributed by atoms with Gasteiger partial charge in [-0.15, -0.1) is 0 Å². The zero-order valence-corrected chi connectivity index (χ0v) is 21.8. The van der Waals surface area contributed by atoms with Crippen molar-refractivity contribution >= 4 is 32.4 Å². The van der Waals surface area contributed by atoms with Crippen LogP contribution in [0.25, 0.3) is 26.4 Å². The van der Waals surface area contributed by atoms with E-state index in [0.717, 1.165) is 46.8 Å². The SMILES string of the molecule is O=C(NCCCN1CCC(F)CC1)c1ccc2c(c1)sc1nc(-c3ccc(C4CC(O)CN4)cc3F)cn12. The Labute approximate surface area is 223 Å². The van der Waals surface area contributed by atoms with E-state index in [4.69, 9.17) is 0 Å². The molecule has 6 rings (SSSR count). The fourth-order valence-electron chi connectivity index (χ4n) is 5.43. The fraction of sp³-hybridized carbons (Fsp3) is 0.429. The molecule has 1 amide bonds. The minimum Gasteiger partial charge on any atom is -0.392 e. The molecule has 2 fully saturated rings. The summed E-state index contributed by atoms with van der Waals surface area (Å²) in [6.45, 7) is 3.53. The molecule has 0 radical (unpaired) electrons. The number of aliphatic hydroxyl groups excluding tert-OH is 1.